The first-order valence-electron chi connectivity index (χ1n) is 9.36. The van der Waals surface area contributed by atoms with Gasteiger partial charge in [0.2, 0.25) is 5.91 Å². The van der Waals surface area contributed by atoms with Gasteiger partial charge in [-0.1, -0.05) is 43.5 Å². The van der Waals surface area contributed by atoms with E-state index in [9.17, 15) is 4.79 Å². The van der Waals surface area contributed by atoms with Crippen molar-refractivity contribution in [3.8, 4) is 0 Å². The van der Waals surface area contributed by atoms with Crippen LogP contribution in [-0.2, 0) is 27.4 Å². The number of carbonyl (C=O) groups excluding carboxylic acids is 1. The van der Waals surface area contributed by atoms with Crippen LogP contribution in [0, 0.1) is 5.92 Å². The molecule has 1 aliphatic heterocycles. The van der Waals surface area contributed by atoms with Crippen molar-refractivity contribution in [2.45, 2.75) is 64.2 Å². The predicted octanol–water partition coefficient (Wildman–Crippen LogP) is 3.58. The monoisotopic (exact) mass is 331 g/mol. The van der Waals surface area contributed by atoms with Gasteiger partial charge in [-0.05, 0) is 36.8 Å². The van der Waals surface area contributed by atoms with E-state index in [2.05, 4.69) is 29.6 Å². The lowest BCUT2D eigenvalue weighted by molar-refractivity contribution is -0.128. The van der Waals surface area contributed by atoms with Crippen molar-refractivity contribution >= 4 is 5.91 Å². The molecule has 1 aliphatic carbocycles. The van der Waals surface area contributed by atoms with Crippen molar-refractivity contribution in [1.29, 1.82) is 0 Å². The fourth-order valence-corrected chi connectivity index (χ4v) is 3.57. The molecule has 0 aromatic heterocycles. The van der Waals surface area contributed by atoms with Crippen LogP contribution in [-0.4, -0.2) is 25.2 Å². The lowest BCUT2D eigenvalue weighted by atomic mass is 9.98. The molecule has 0 bridgehead atoms. The van der Waals surface area contributed by atoms with Gasteiger partial charge in [0, 0.05) is 25.7 Å². The van der Waals surface area contributed by atoms with Gasteiger partial charge in [-0.3, -0.25) is 4.79 Å². The lowest BCUT2D eigenvalue weighted by Gasteiger charge is -2.22. The molecule has 1 aromatic rings. The zero-order chi connectivity index (χ0) is 16.6. The maximum absolute atomic E-state index is 12.2. The maximum atomic E-state index is 12.2. The number of ether oxygens (including phenoxy) is 2. The lowest BCUT2D eigenvalue weighted by Crippen LogP contribution is -2.33. The Morgan fingerprint density at radius 3 is 2.62 bits per heavy atom. The quantitative estimate of drug-likeness (QED) is 0.867. The zero-order valence-corrected chi connectivity index (χ0v) is 14.5. The van der Waals surface area contributed by atoms with Crippen LogP contribution in [0.25, 0.3) is 0 Å². The summed E-state index contributed by atoms with van der Waals surface area (Å²) in [6.07, 6.45) is 8.42. The second-order valence-corrected chi connectivity index (χ2v) is 7.00. The predicted molar refractivity (Wildman–Crippen MR) is 93.5 cm³/mol. The third kappa shape index (κ3) is 5.32. The summed E-state index contributed by atoms with van der Waals surface area (Å²) in [5, 5.41) is 3.07. The van der Waals surface area contributed by atoms with E-state index in [4.69, 9.17) is 9.47 Å². The number of benzene rings is 1. The molecule has 0 spiro atoms. The number of carbonyl (C=O) groups is 1. The summed E-state index contributed by atoms with van der Waals surface area (Å²) in [6.45, 7) is 2.66. The van der Waals surface area contributed by atoms with Gasteiger partial charge >= 0.3 is 0 Å². The van der Waals surface area contributed by atoms with Crippen LogP contribution in [0.2, 0.25) is 0 Å². The minimum Gasteiger partial charge on any atom is -0.381 e. The molecule has 0 atom stereocenters. The molecular formula is C20H29NO3. The molecule has 4 nitrogen and oxygen atoms in total. The Morgan fingerprint density at radius 2 is 1.83 bits per heavy atom. The van der Waals surface area contributed by atoms with Crippen LogP contribution in [0.1, 0.15) is 56.1 Å². The smallest absolute Gasteiger partial charge is 0.223 e. The molecule has 1 amide bonds. The normalized spacial score (nSPS) is 20.0. The molecule has 3 rings (SSSR count). The second kappa shape index (κ2) is 9.19. The first-order valence-corrected chi connectivity index (χ1v) is 9.36. The van der Waals surface area contributed by atoms with Crippen LogP contribution in [0.5, 0.6) is 0 Å². The number of rotatable bonds is 6. The van der Waals surface area contributed by atoms with Crippen LogP contribution >= 0.6 is 0 Å². The van der Waals surface area contributed by atoms with Crippen LogP contribution in [0.3, 0.4) is 0 Å². The highest BCUT2D eigenvalue weighted by atomic mass is 16.5. The molecule has 1 saturated carbocycles. The molecule has 2 fully saturated rings. The Bertz CT molecular complexity index is 519. The highest BCUT2D eigenvalue weighted by Gasteiger charge is 2.21. The topological polar surface area (TPSA) is 47.6 Å². The molecule has 0 unspecified atom stereocenters. The molecule has 24 heavy (non-hydrogen) atoms. The van der Waals surface area contributed by atoms with E-state index in [0.717, 1.165) is 18.4 Å². The summed E-state index contributed by atoms with van der Waals surface area (Å²) >= 11 is 0. The highest BCUT2D eigenvalue weighted by Crippen LogP contribution is 2.21. The molecule has 1 saturated heterocycles. The van der Waals surface area contributed by atoms with Crippen molar-refractivity contribution in [2.24, 2.45) is 5.92 Å². The Balaban J connectivity index is 1.44. The van der Waals surface area contributed by atoms with Crippen molar-refractivity contribution in [1.82, 2.24) is 5.32 Å². The van der Waals surface area contributed by atoms with Crippen LogP contribution in [0.4, 0.5) is 0 Å². The van der Waals surface area contributed by atoms with E-state index in [0.29, 0.717) is 32.5 Å². The third-order valence-corrected chi connectivity index (χ3v) is 5.09. The average Bonchev–Trinajstić information content (AvgIpc) is 2.66. The number of amides is 1. The Labute approximate surface area is 144 Å². The third-order valence-electron chi connectivity index (χ3n) is 5.09. The number of nitrogens with one attached hydrogen (secondary N) is 1. The molecular weight excluding hydrogens is 302 g/mol. The van der Waals surface area contributed by atoms with Gasteiger partial charge in [0.25, 0.3) is 0 Å². The maximum Gasteiger partial charge on any atom is 0.223 e. The van der Waals surface area contributed by atoms with Gasteiger partial charge in [0.05, 0.1) is 12.7 Å². The first-order chi connectivity index (χ1) is 11.8. The summed E-state index contributed by atoms with van der Waals surface area (Å²) in [4.78, 5) is 12.2. The van der Waals surface area contributed by atoms with Crippen molar-refractivity contribution in [2.75, 3.05) is 13.2 Å². The minimum absolute atomic E-state index is 0.108. The Kier molecular flexibility index (Phi) is 6.67. The Morgan fingerprint density at radius 1 is 1.08 bits per heavy atom. The average molecular weight is 331 g/mol. The van der Waals surface area contributed by atoms with E-state index >= 15 is 0 Å². The SMILES string of the molecule is O=C(NCc1cccc(COC2CCCCC2)c1)C1CCOCC1. The summed E-state index contributed by atoms with van der Waals surface area (Å²) in [5.41, 5.74) is 2.33. The largest absolute Gasteiger partial charge is 0.381 e. The molecule has 1 N–H and O–H groups in total. The van der Waals surface area contributed by atoms with Gasteiger partial charge in [0.1, 0.15) is 0 Å². The molecule has 0 radical (unpaired) electrons. The van der Waals surface area contributed by atoms with Crippen LogP contribution < -0.4 is 5.32 Å². The van der Waals surface area contributed by atoms with Gasteiger partial charge in [-0.15, -0.1) is 0 Å². The highest BCUT2D eigenvalue weighted by molar-refractivity contribution is 5.78. The van der Waals surface area contributed by atoms with E-state index < -0.39 is 0 Å². The second-order valence-electron chi connectivity index (χ2n) is 7.00. The van der Waals surface area contributed by atoms with Crippen LogP contribution in [0.15, 0.2) is 24.3 Å². The minimum atomic E-state index is 0.108. The van der Waals surface area contributed by atoms with Crippen molar-refractivity contribution < 1.29 is 14.3 Å². The standard InChI is InChI=1S/C20H29NO3/c22-20(18-9-11-23-12-10-18)21-14-16-5-4-6-17(13-16)15-24-19-7-2-1-3-8-19/h4-6,13,18-19H,1-3,7-12,14-15H2,(H,21,22). The molecule has 1 heterocycles. The first kappa shape index (κ1) is 17.4. The van der Waals surface area contributed by atoms with E-state index in [1.165, 1.54) is 37.7 Å². The van der Waals surface area contributed by atoms with Gasteiger partial charge in [-0.25, -0.2) is 0 Å². The summed E-state index contributed by atoms with van der Waals surface area (Å²) in [5.74, 6) is 0.263. The Hall–Kier alpha value is -1.39. The van der Waals surface area contributed by atoms with Gasteiger partial charge in [0.15, 0.2) is 0 Å². The molecule has 2 aliphatic rings. The molecule has 4 heteroatoms. The number of hydrogen-bond acceptors (Lipinski definition) is 3. The van der Waals surface area contributed by atoms with Crippen molar-refractivity contribution in [3.05, 3.63) is 35.4 Å². The molecule has 132 valence electrons. The van der Waals surface area contributed by atoms with Crippen molar-refractivity contribution in [3.63, 3.8) is 0 Å². The fraction of sp³-hybridized carbons (Fsp3) is 0.650. The summed E-state index contributed by atoms with van der Waals surface area (Å²) in [6, 6.07) is 8.36. The summed E-state index contributed by atoms with van der Waals surface area (Å²) < 4.78 is 11.4. The molecule has 1 aromatic carbocycles. The van der Waals surface area contributed by atoms with Gasteiger partial charge in [-0.2, -0.15) is 0 Å². The fourth-order valence-electron chi connectivity index (χ4n) is 3.57. The summed E-state index contributed by atoms with van der Waals surface area (Å²) in [7, 11) is 0. The van der Waals surface area contributed by atoms with E-state index in [1.807, 2.05) is 0 Å². The zero-order valence-electron chi connectivity index (χ0n) is 14.5. The van der Waals surface area contributed by atoms with Gasteiger partial charge < -0.3 is 14.8 Å². The van der Waals surface area contributed by atoms with E-state index in [-0.39, 0.29) is 11.8 Å². The number of hydrogen-bond donors (Lipinski definition) is 1. The van der Waals surface area contributed by atoms with E-state index in [1.54, 1.807) is 0 Å².